The van der Waals surface area contributed by atoms with E-state index in [-0.39, 0.29) is 11.4 Å². The first kappa shape index (κ1) is 26.6. The molecule has 9 heteroatoms. The molecule has 1 N–H and O–H groups in total. The van der Waals surface area contributed by atoms with Crippen LogP contribution in [0.1, 0.15) is 40.7 Å². The number of hydrogen-bond donors (Lipinski definition) is 1. The van der Waals surface area contributed by atoms with Crippen molar-refractivity contribution in [1.82, 2.24) is 15.2 Å². The van der Waals surface area contributed by atoms with Gasteiger partial charge < -0.3 is 10.1 Å². The van der Waals surface area contributed by atoms with Crippen molar-refractivity contribution in [3.05, 3.63) is 97.8 Å². The maximum atomic E-state index is 13.6. The van der Waals surface area contributed by atoms with Crippen LogP contribution in [0.15, 0.2) is 54.7 Å². The van der Waals surface area contributed by atoms with E-state index < -0.39 is 0 Å². The summed E-state index contributed by atoms with van der Waals surface area (Å²) >= 11 is 18.2. The first-order valence-electron chi connectivity index (χ1n) is 13.1. The normalized spacial score (nSPS) is 18.1. The summed E-state index contributed by atoms with van der Waals surface area (Å²) in [4.78, 5) is 22.0. The maximum absolute atomic E-state index is 13.6. The third kappa shape index (κ3) is 5.41. The third-order valence-corrected chi connectivity index (χ3v) is 9.04. The second kappa shape index (κ2) is 11.1. The lowest BCUT2D eigenvalue weighted by molar-refractivity contribution is 0.134. The molecule has 1 spiro atoms. The van der Waals surface area contributed by atoms with Gasteiger partial charge in [0.05, 0.1) is 28.9 Å². The van der Waals surface area contributed by atoms with Crippen molar-refractivity contribution in [3.63, 3.8) is 0 Å². The van der Waals surface area contributed by atoms with Crippen LogP contribution in [0.4, 0.5) is 10.5 Å². The zero-order valence-electron chi connectivity index (χ0n) is 21.4. The van der Waals surface area contributed by atoms with Gasteiger partial charge in [-0.25, -0.2) is 9.78 Å². The summed E-state index contributed by atoms with van der Waals surface area (Å²) < 4.78 is 5.79. The number of hydrogen-bond acceptors (Lipinski definition) is 4. The van der Waals surface area contributed by atoms with Crippen molar-refractivity contribution < 1.29 is 9.53 Å². The van der Waals surface area contributed by atoms with E-state index in [1.165, 1.54) is 11.1 Å². The number of nitrogens with one attached hydrogen (secondary N) is 1. The largest absolute Gasteiger partial charge is 0.372 e. The van der Waals surface area contributed by atoms with Gasteiger partial charge in [0.1, 0.15) is 5.15 Å². The van der Waals surface area contributed by atoms with Gasteiger partial charge in [0.25, 0.3) is 0 Å². The Morgan fingerprint density at radius 3 is 2.69 bits per heavy atom. The fraction of sp³-hybridized carbons (Fsp3) is 0.333. The number of carbonyl (C=O) groups is 1. The van der Waals surface area contributed by atoms with E-state index in [2.05, 4.69) is 39.5 Å². The second-order valence-electron chi connectivity index (χ2n) is 10.5. The number of piperidine rings is 1. The van der Waals surface area contributed by atoms with Gasteiger partial charge in [0.2, 0.25) is 0 Å². The molecule has 1 saturated heterocycles. The maximum Gasteiger partial charge on any atom is 0.322 e. The topological polar surface area (TPSA) is 57.7 Å². The number of ether oxygens (including phenoxy) is 1. The average molecular weight is 584 g/mol. The van der Waals surface area contributed by atoms with Gasteiger partial charge in [-0.1, -0.05) is 65.2 Å². The SMILES string of the molecule is O=C(NCc1ccnc(Cl)c1)N1CC2(CCN(CC=Cc3ccc(Cl)c(Cl)c3)CC2)c2ccc3c(c21)COC3. The Bertz CT molecular complexity index is 1440. The van der Waals surface area contributed by atoms with Gasteiger partial charge in [-0.3, -0.25) is 9.80 Å². The van der Waals surface area contributed by atoms with Crippen molar-refractivity contribution in [3.8, 4) is 0 Å². The van der Waals surface area contributed by atoms with Crippen LogP contribution in [0.2, 0.25) is 15.2 Å². The van der Waals surface area contributed by atoms with Crippen LogP contribution in [0.25, 0.3) is 6.08 Å². The molecule has 6 rings (SSSR count). The minimum atomic E-state index is -0.0895. The van der Waals surface area contributed by atoms with E-state index in [1.807, 2.05) is 29.2 Å². The van der Waals surface area contributed by atoms with Crippen LogP contribution in [0.5, 0.6) is 0 Å². The predicted molar refractivity (Wildman–Crippen MR) is 157 cm³/mol. The van der Waals surface area contributed by atoms with Gasteiger partial charge in [0, 0.05) is 36.8 Å². The number of amides is 2. The second-order valence-corrected chi connectivity index (χ2v) is 11.7. The molecule has 0 radical (unpaired) electrons. The highest BCUT2D eigenvalue weighted by molar-refractivity contribution is 6.42. The van der Waals surface area contributed by atoms with E-state index >= 15 is 0 Å². The molecule has 0 unspecified atom stereocenters. The number of fused-ring (bicyclic) bond motifs is 4. The van der Waals surface area contributed by atoms with Gasteiger partial charge in [0.15, 0.2) is 0 Å². The highest BCUT2D eigenvalue weighted by Crippen LogP contribution is 2.50. The molecule has 6 nitrogen and oxygen atoms in total. The molecular formula is C30H29Cl3N4O2. The third-order valence-electron chi connectivity index (χ3n) is 8.10. The van der Waals surface area contributed by atoms with Crippen LogP contribution in [-0.2, 0) is 29.9 Å². The number of halogens is 3. The Morgan fingerprint density at radius 2 is 1.90 bits per heavy atom. The number of nitrogens with zero attached hydrogens (tertiary/aromatic N) is 3. The molecule has 1 fully saturated rings. The van der Waals surface area contributed by atoms with Gasteiger partial charge in [-0.2, -0.15) is 0 Å². The first-order chi connectivity index (χ1) is 18.9. The van der Waals surface area contributed by atoms with E-state index in [9.17, 15) is 4.79 Å². The predicted octanol–water partition coefficient (Wildman–Crippen LogP) is 6.85. The van der Waals surface area contributed by atoms with Crippen LogP contribution in [0.3, 0.4) is 0 Å². The summed E-state index contributed by atoms with van der Waals surface area (Å²) in [6.45, 7) is 5.00. The minimum absolute atomic E-state index is 0.0613. The number of anilines is 1. The Kier molecular flexibility index (Phi) is 7.58. The molecule has 39 heavy (non-hydrogen) atoms. The molecule has 0 atom stereocenters. The van der Waals surface area contributed by atoms with Crippen LogP contribution >= 0.6 is 34.8 Å². The number of rotatable bonds is 5. The number of likely N-dealkylation sites (tertiary alicyclic amines) is 1. The summed E-state index contributed by atoms with van der Waals surface area (Å²) in [6, 6.07) is 13.6. The lowest BCUT2D eigenvalue weighted by Crippen LogP contribution is -2.47. The quantitative estimate of drug-likeness (QED) is 0.334. The highest BCUT2D eigenvalue weighted by atomic mass is 35.5. The summed E-state index contributed by atoms with van der Waals surface area (Å²) in [5.41, 5.74) is 6.54. The molecule has 0 saturated carbocycles. The van der Waals surface area contributed by atoms with Crippen LogP contribution < -0.4 is 10.2 Å². The zero-order chi connectivity index (χ0) is 27.0. The molecular weight excluding hydrogens is 555 g/mol. The van der Waals surface area contributed by atoms with E-state index in [0.717, 1.165) is 54.9 Å². The summed E-state index contributed by atoms with van der Waals surface area (Å²) in [7, 11) is 0. The molecule has 3 aliphatic rings. The fourth-order valence-electron chi connectivity index (χ4n) is 5.98. The van der Waals surface area contributed by atoms with E-state index in [4.69, 9.17) is 39.5 Å². The first-order valence-corrected chi connectivity index (χ1v) is 14.3. The Balaban J connectivity index is 1.16. The minimum Gasteiger partial charge on any atom is -0.372 e. The Labute approximate surface area is 243 Å². The molecule has 3 aliphatic heterocycles. The number of urea groups is 1. The fourth-order valence-corrected chi connectivity index (χ4v) is 6.49. The van der Waals surface area contributed by atoms with E-state index in [1.54, 1.807) is 12.3 Å². The van der Waals surface area contributed by atoms with Crippen LogP contribution in [0, 0.1) is 0 Å². The molecule has 4 heterocycles. The number of aromatic nitrogens is 1. The average Bonchev–Trinajstić information content (AvgIpc) is 3.54. The van der Waals surface area contributed by atoms with Crippen molar-refractivity contribution in [2.75, 3.05) is 31.1 Å². The van der Waals surface area contributed by atoms with E-state index in [0.29, 0.717) is 41.5 Å². The summed E-state index contributed by atoms with van der Waals surface area (Å²) in [5.74, 6) is 0. The van der Waals surface area contributed by atoms with Gasteiger partial charge in [-0.05, 0) is 72.5 Å². The molecule has 0 aliphatic carbocycles. The molecule has 3 aromatic rings. The Hall–Kier alpha value is -2.61. The standard InChI is InChI=1S/C30H29Cl3N4O2/c31-25-6-3-20(14-26(25)32)2-1-11-36-12-8-30(9-13-36)19-37(28-23-18-39-17-22(23)4-5-24(28)30)29(38)35-16-21-7-10-34-27(33)15-21/h1-7,10,14-15H,8-9,11-13,16-19H2,(H,35,38). The lowest BCUT2D eigenvalue weighted by atomic mass is 9.74. The summed E-state index contributed by atoms with van der Waals surface area (Å²) in [5, 5.41) is 4.65. The van der Waals surface area contributed by atoms with Crippen molar-refractivity contribution in [2.24, 2.45) is 0 Å². The molecule has 2 aromatic carbocycles. The van der Waals surface area contributed by atoms with Gasteiger partial charge >= 0.3 is 6.03 Å². The van der Waals surface area contributed by atoms with Crippen molar-refractivity contribution in [2.45, 2.75) is 38.0 Å². The Morgan fingerprint density at radius 1 is 1.05 bits per heavy atom. The lowest BCUT2D eigenvalue weighted by Gasteiger charge is -2.39. The molecule has 0 bridgehead atoms. The van der Waals surface area contributed by atoms with Crippen molar-refractivity contribution >= 4 is 52.6 Å². The molecule has 2 amide bonds. The smallest absolute Gasteiger partial charge is 0.322 e. The summed E-state index contributed by atoms with van der Waals surface area (Å²) in [6.07, 6.45) is 7.90. The van der Waals surface area contributed by atoms with Crippen molar-refractivity contribution in [1.29, 1.82) is 0 Å². The zero-order valence-corrected chi connectivity index (χ0v) is 23.7. The highest BCUT2D eigenvalue weighted by Gasteiger charge is 2.48. The monoisotopic (exact) mass is 582 g/mol. The number of pyridine rings is 1. The number of benzene rings is 2. The number of carbonyl (C=O) groups excluding carboxylic acids is 1. The molecule has 1 aromatic heterocycles. The van der Waals surface area contributed by atoms with Crippen LogP contribution in [-0.4, -0.2) is 42.1 Å². The van der Waals surface area contributed by atoms with Gasteiger partial charge in [-0.15, -0.1) is 0 Å². The molecule has 202 valence electrons.